The van der Waals surface area contributed by atoms with Crippen LogP contribution in [0.2, 0.25) is 0 Å². The van der Waals surface area contributed by atoms with Crippen LogP contribution in [0.1, 0.15) is 67.2 Å². The molecular formula is C25H38O10. The van der Waals surface area contributed by atoms with Gasteiger partial charge in [0.2, 0.25) is 0 Å². The maximum Gasteiger partial charge on any atom is 0.305 e. The van der Waals surface area contributed by atoms with Gasteiger partial charge >= 0.3 is 11.9 Å². The molecule has 1 saturated heterocycles. The molecule has 5 N–H and O–H groups in total. The zero-order valence-electron chi connectivity index (χ0n) is 21.1. The van der Waals surface area contributed by atoms with Crippen LogP contribution >= 0.6 is 0 Å². The molecule has 0 amide bonds. The van der Waals surface area contributed by atoms with Gasteiger partial charge in [-0.2, -0.15) is 0 Å². The number of hydrogen-bond donors (Lipinski definition) is 5. The van der Waals surface area contributed by atoms with Crippen LogP contribution in [0.3, 0.4) is 0 Å². The fraction of sp³-hybridized carbons (Fsp3) is 0.920. The van der Waals surface area contributed by atoms with Gasteiger partial charge in [-0.3, -0.25) is 9.59 Å². The Hall–Kier alpha value is -1.30. The molecular weight excluding hydrogens is 460 g/mol. The highest BCUT2D eigenvalue weighted by Crippen LogP contribution is 2.74. The predicted octanol–water partition coefficient (Wildman–Crippen LogP) is -0.198. The summed E-state index contributed by atoms with van der Waals surface area (Å²) in [7, 11) is 0. The van der Waals surface area contributed by atoms with E-state index in [9.17, 15) is 35.1 Å². The van der Waals surface area contributed by atoms with Gasteiger partial charge in [0.1, 0.15) is 23.4 Å². The quantitative estimate of drug-likeness (QED) is 0.260. The third-order valence-electron chi connectivity index (χ3n) is 10.5. The molecule has 1 heterocycles. The van der Waals surface area contributed by atoms with Crippen LogP contribution in [-0.2, 0) is 23.8 Å². The van der Waals surface area contributed by atoms with Gasteiger partial charge in [0, 0.05) is 24.7 Å². The van der Waals surface area contributed by atoms with E-state index in [0.717, 1.165) is 6.92 Å². The summed E-state index contributed by atoms with van der Waals surface area (Å²) in [5.74, 6) is -3.14. The number of esters is 2. The summed E-state index contributed by atoms with van der Waals surface area (Å²) in [5.41, 5.74) is -10.6. The van der Waals surface area contributed by atoms with Crippen molar-refractivity contribution in [2.24, 2.45) is 22.7 Å². The predicted molar refractivity (Wildman–Crippen MR) is 119 cm³/mol. The Morgan fingerprint density at radius 3 is 2.23 bits per heavy atom. The molecule has 0 radical (unpaired) electrons. The van der Waals surface area contributed by atoms with Crippen LogP contribution in [0, 0.1) is 22.7 Å². The van der Waals surface area contributed by atoms with Gasteiger partial charge in [0.25, 0.3) is 0 Å². The van der Waals surface area contributed by atoms with E-state index in [2.05, 4.69) is 0 Å². The van der Waals surface area contributed by atoms with E-state index < -0.39 is 87.5 Å². The fourth-order valence-electron chi connectivity index (χ4n) is 8.83. The number of rotatable bonds is 3. The summed E-state index contributed by atoms with van der Waals surface area (Å²) >= 11 is 0. The topological polar surface area (TPSA) is 166 Å². The number of aliphatic hydroxyl groups excluding tert-OH is 1. The van der Waals surface area contributed by atoms with E-state index in [1.165, 1.54) is 6.92 Å². The molecule has 5 fully saturated rings. The molecule has 12 atom stereocenters. The summed E-state index contributed by atoms with van der Waals surface area (Å²) in [6.07, 6.45) is -5.73. The Morgan fingerprint density at radius 2 is 1.66 bits per heavy atom. The lowest BCUT2D eigenvalue weighted by atomic mass is 9.53. The van der Waals surface area contributed by atoms with Crippen molar-refractivity contribution < 1.29 is 49.3 Å². The highest BCUT2D eigenvalue weighted by Gasteiger charge is 2.89. The zero-order chi connectivity index (χ0) is 26.1. The second-order valence-corrected chi connectivity index (χ2v) is 12.5. The fourth-order valence-corrected chi connectivity index (χ4v) is 8.83. The van der Waals surface area contributed by atoms with Gasteiger partial charge < -0.3 is 39.7 Å². The number of epoxide rings is 1. The smallest absolute Gasteiger partial charge is 0.305 e. The minimum atomic E-state index is -2.13. The van der Waals surface area contributed by atoms with Crippen molar-refractivity contribution in [2.45, 2.75) is 120 Å². The molecule has 2 bridgehead atoms. The minimum absolute atomic E-state index is 0.0247. The Bertz CT molecular complexity index is 960. The van der Waals surface area contributed by atoms with Crippen molar-refractivity contribution in [1.82, 2.24) is 0 Å². The first-order chi connectivity index (χ1) is 15.9. The monoisotopic (exact) mass is 498 g/mol. The maximum atomic E-state index is 12.5. The summed E-state index contributed by atoms with van der Waals surface area (Å²) < 4.78 is 17.3. The summed E-state index contributed by atoms with van der Waals surface area (Å²) in [4.78, 5) is 24.8. The van der Waals surface area contributed by atoms with E-state index in [4.69, 9.17) is 14.2 Å². The number of ether oxygens (including phenoxy) is 3. The number of carbonyl (C=O) groups excluding carboxylic acids is 2. The van der Waals surface area contributed by atoms with Crippen molar-refractivity contribution in [2.75, 3.05) is 0 Å². The lowest BCUT2D eigenvalue weighted by molar-refractivity contribution is -0.290. The van der Waals surface area contributed by atoms with E-state index >= 15 is 0 Å². The lowest BCUT2D eigenvalue weighted by Gasteiger charge is -2.58. The molecule has 0 aromatic carbocycles. The Kier molecular flexibility index (Phi) is 5.04. The largest absolute Gasteiger partial charge is 0.461 e. The van der Waals surface area contributed by atoms with Crippen molar-refractivity contribution in [3.63, 3.8) is 0 Å². The number of aliphatic hydroxyl groups is 5. The van der Waals surface area contributed by atoms with Crippen LogP contribution in [0.4, 0.5) is 0 Å². The molecule has 5 aliphatic rings. The Morgan fingerprint density at radius 1 is 1.03 bits per heavy atom. The molecule has 35 heavy (non-hydrogen) atoms. The first-order valence-electron chi connectivity index (χ1n) is 12.5. The second-order valence-electron chi connectivity index (χ2n) is 12.5. The van der Waals surface area contributed by atoms with Gasteiger partial charge in [0.15, 0.2) is 6.10 Å². The van der Waals surface area contributed by atoms with Gasteiger partial charge in [-0.25, -0.2) is 0 Å². The van der Waals surface area contributed by atoms with Gasteiger partial charge in [0.05, 0.1) is 34.7 Å². The normalized spacial score (nSPS) is 57.4. The van der Waals surface area contributed by atoms with Gasteiger partial charge in [-0.1, -0.05) is 20.8 Å². The first-order valence-corrected chi connectivity index (χ1v) is 12.5. The SMILES string of the molecule is CCC(=O)OC1C2CCC3(O)C(C)(O)C4C5OC5C(C)(C)C4(O)C(OC(C)=O)C(O)C13CC2(C)O. The number of fused-ring (bicyclic) bond motifs is 4. The number of carbonyl (C=O) groups is 2. The molecule has 10 nitrogen and oxygen atoms in total. The molecule has 0 aromatic rings. The minimum Gasteiger partial charge on any atom is -0.461 e. The average Bonchev–Trinajstić information content (AvgIpc) is 3.46. The highest BCUT2D eigenvalue weighted by molar-refractivity contribution is 5.69. The van der Waals surface area contributed by atoms with Gasteiger partial charge in [-0.05, 0) is 33.1 Å². The molecule has 1 aliphatic heterocycles. The molecule has 4 aliphatic carbocycles. The van der Waals surface area contributed by atoms with E-state index in [0.29, 0.717) is 0 Å². The van der Waals surface area contributed by atoms with Crippen LogP contribution in [0.15, 0.2) is 0 Å². The summed E-state index contributed by atoms with van der Waals surface area (Å²) in [5, 5.41) is 60.8. The zero-order valence-corrected chi connectivity index (χ0v) is 21.1. The standard InChI is InChI=1S/C25H38O10/c1-7-13(27)34-17-12-8-9-24(31)22(6,30)15-14-18(35-14)20(3,4)25(15,32)19(33-11(2)26)16(28)23(17,24)10-21(12,5)29/h12,14-19,28-32H,7-10H2,1-6H3. The van der Waals surface area contributed by atoms with Crippen LogP contribution < -0.4 is 0 Å². The third-order valence-corrected chi connectivity index (χ3v) is 10.5. The van der Waals surface area contributed by atoms with Crippen LogP contribution in [-0.4, -0.2) is 90.4 Å². The average molecular weight is 499 g/mol. The first kappa shape index (κ1) is 25.4. The van der Waals surface area contributed by atoms with Gasteiger partial charge in [-0.15, -0.1) is 0 Å². The summed E-state index contributed by atoms with van der Waals surface area (Å²) in [6, 6.07) is 0. The highest BCUT2D eigenvalue weighted by atomic mass is 16.6. The molecule has 0 aromatic heterocycles. The maximum absolute atomic E-state index is 12.5. The van der Waals surface area contributed by atoms with E-state index in [1.54, 1.807) is 27.7 Å². The Labute approximate surface area is 204 Å². The van der Waals surface area contributed by atoms with Crippen molar-refractivity contribution >= 4 is 11.9 Å². The third kappa shape index (κ3) is 2.66. The lowest BCUT2D eigenvalue weighted by Crippen LogP contribution is -2.73. The van der Waals surface area contributed by atoms with Crippen LogP contribution in [0.25, 0.3) is 0 Å². The molecule has 4 saturated carbocycles. The molecule has 1 spiro atoms. The molecule has 5 rings (SSSR count). The van der Waals surface area contributed by atoms with Crippen molar-refractivity contribution in [1.29, 1.82) is 0 Å². The van der Waals surface area contributed by atoms with E-state index in [1.807, 2.05) is 0 Å². The molecule has 198 valence electrons. The van der Waals surface area contributed by atoms with E-state index in [-0.39, 0.29) is 25.7 Å². The van der Waals surface area contributed by atoms with Crippen molar-refractivity contribution in [3.05, 3.63) is 0 Å². The summed E-state index contributed by atoms with van der Waals surface area (Å²) in [6.45, 7) is 9.15. The number of hydrogen-bond acceptors (Lipinski definition) is 10. The second kappa shape index (κ2) is 6.96. The van der Waals surface area contributed by atoms with Crippen molar-refractivity contribution in [3.8, 4) is 0 Å². The molecule has 10 heteroatoms. The van der Waals surface area contributed by atoms with Crippen LogP contribution in [0.5, 0.6) is 0 Å². The molecule has 12 unspecified atom stereocenters. The Balaban J connectivity index is 1.81.